The molecule has 0 spiro atoms. The lowest BCUT2D eigenvalue weighted by molar-refractivity contribution is 0.0647. The van der Waals surface area contributed by atoms with E-state index in [9.17, 15) is 22.4 Å². The highest BCUT2D eigenvalue weighted by molar-refractivity contribution is 7.86. The Hall–Kier alpha value is -2.58. The first kappa shape index (κ1) is 17.2. The van der Waals surface area contributed by atoms with Crippen molar-refractivity contribution in [2.24, 2.45) is 0 Å². The van der Waals surface area contributed by atoms with E-state index in [0.717, 1.165) is 29.2 Å². The number of hydrogen-bond acceptors (Lipinski definition) is 5. The van der Waals surface area contributed by atoms with Crippen molar-refractivity contribution in [3.63, 3.8) is 0 Å². The fourth-order valence-electron chi connectivity index (χ4n) is 2.50. The maximum absolute atomic E-state index is 12.8. The summed E-state index contributed by atoms with van der Waals surface area (Å²) in [4.78, 5) is 25.2. The third-order valence-corrected chi connectivity index (χ3v) is 5.07. The van der Waals surface area contributed by atoms with E-state index in [2.05, 4.69) is 0 Å². The molecule has 0 bridgehead atoms. The van der Waals surface area contributed by atoms with Crippen LogP contribution >= 0.6 is 0 Å². The zero-order valence-corrected chi connectivity index (χ0v) is 13.8. The van der Waals surface area contributed by atoms with Crippen LogP contribution in [0.25, 0.3) is 0 Å². The van der Waals surface area contributed by atoms with Crippen molar-refractivity contribution in [2.75, 3.05) is 13.2 Å². The van der Waals surface area contributed by atoms with Gasteiger partial charge in [-0.15, -0.1) is 0 Å². The van der Waals surface area contributed by atoms with Crippen LogP contribution < -0.4 is 0 Å². The molecular formula is C17H14FNO5S. The Bertz CT molecular complexity index is 889. The Morgan fingerprint density at radius 3 is 2.04 bits per heavy atom. The second-order valence-electron chi connectivity index (χ2n) is 5.39. The van der Waals surface area contributed by atoms with Crippen LogP contribution in [0.2, 0.25) is 0 Å². The minimum absolute atomic E-state index is 0.0469. The minimum atomic E-state index is -4.01. The molecule has 2 aromatic carbocycles. The van der Waals surface area contributed by atoms with Gasteiger partial charge < -0.3 is 0 Å². The summed E-state index contributed by atoms with van der Waals surface area (Å²) in [5, 5.41) is 0. The molecule has 2 aromatic rings. The van der Waals surface area contributed by atoms with Crippen molar-refractivity contribution in [1.82, 2.24) is 4.90 Å². The third kappa shape index (κ3) is 3.45. The maximum Gasteiger partial charge on any atom is 0.296 e. The summed E-state index contributed by atoms with van der Waals surface area (Å²) >= 11 is 0. The number of imide groups is 1. The number of amides is 2. The van der Waals surface area contributed by atoms with Crippen molar-refractivity contribution < 1.29 is 26.6 Å². The van der Waals surface area contributed by atoms with Gasteiger partial charge in [0.05, 0.1) is 22.6 Å². The molecule has 0 saturated heterocycles. The molecule has 0 unspecified atom stereocenters. The Balaban J connectivity index is 1.57. The Morgan fingerprint density at radius 1 is 0.920 bits per heavy atom. The zero-order valence-electron chi connectivity index (χ0n) is 13.0. The van der Waals surface area contributed by atoms with Crippen molar-refractivity contribution >= 4 is 21.9 Å². The lowest BCUT2D eigenvalue weighted by atomic mass is 10.1. The van der Waals surface area contributed by atoms with Crippen LogP contribution in [0.5, 0.6) is 0 Å². The predicted octanol–water partition coefficient (Wildman–Crippen LogP) is 2.22. The van der Waals surface area contributed by atoms with E-state index in [0.29, 0.717) is 11.1 Å². The first-order valence-electron chi connectivity index (χ1n) is 7.50. The Labute approximate surface area is 144 Å². The zero-order chi connectivity index (χ0) is 18.0. The van der Waals surface area contributed by atoms with Crippen LogP contribution in [0.15, 0.2) is 53.4 Å². The normalized spacial score (nSPS) is 14.0. The first-order chi connectivity index (χ1) is 11.9. The molecule has 0 fully saturated rings. The summed E-state index contributed by atoms with van der Waals surface area (Å²) in [6, 6.07) is 10.8. The number of benzene rings is 2. The largest absolute Gasteiger partial charge is 0.296 e. The minimum Gasteiger partial charge on any atom is -0.274 e. The summed E-state index contributed by atoms with van der Waals surface area (Å²) < 4.78 is 41.6. The first-order valence-corrected chi connectivity index (χ1v) is 8.91. The smallest absolute Gasteiger partial charge is 0.274 e. The summed E-state index contributed by atoms with van der Waals surface area (Å²) in [6.07, 6.45) is 0.159. The van der Waals surface area contributed by atoms with Crippen molar-refractivity contribution in [2.45, 2.75) is 11.3 Å². The number of carbonyl (C=O) groups is 2. The summed E-state index contributed by atoms with van der Waals surface area (Å²) in [5.74, 6) is -1.35. The molecule has 25 heavy (non-hydrogen) atoms. The summed E-state index contributed by atoms with van der Waals surface area (Å²) in [6.45, 7) is -0.154. The summed E-state index contributed by atoms with van der Waals surface area (Å²) in [5.41, 5.74) is 0.680. The number of carbonyl (C=O) groups excluding carboxylic acids is 2. The molecule has 130 valence electrons. The van der Waals surface area contributed by atoms with E-state index in [-0.39, 0.29) is 24.5 Å². The van der Waals surface area contributed by atoms with Gasteiger partial charge in [0.1, 0.15) is 5.82 Å². The molecule has 3 rings (SSSR count). The highest BCUT2D eigenvalue weighted by Gasteiger charge is 2.34. The van der Waals surface area contributed by atoms with Crippen LogP contribution in [0.4, 0.5) is 4.39 Å². The molecule has 0 saturated carbocycles. The molecule has 6 nitrogen and oxygen atoms in total. The number of rotatable bonds is 6. The second kappa shape index (κ2) is 6.73. The third-order valence-electron chi connectivity index (χ3n) is 3.75. The molecule has 1 aliphatic heterocycles. The van der Waals surface area contributed by atoms with E-state index in [1.807, 2.05) is 0 Å². The molecule has 0 N–H and O–H groups in total. The van der Waals surface area contributed by atoms with Gasteiger partial charge in [0.15, 0.2) is 0 Å². The number of fused-ring (bicyclic) bond motifs is 1. The van der Waals surface area contributed by atoms with Crippen molar-refractivity contribution in [3.8, 4) is 0 Å². The Kier molecular flexibility index (Phi) is 4.65. The fraction of sp³-hybridized carbons (Fsp3) is 0.176. The quantitative estimate of drug-likeness (QED) is 0.447. The molecule has 0 radical (unpaired) electrons. The molecule has 0 aromatic heterocycles. The van der Waals surface area contributed by atoms with Crippen molar-refractivity contribution in [3.05, 3.63) is 65.5 Å². The number of nitrogens with zero attached hydrogens (tertiary/aromatic N) is 1. The molecule has 0 atom stereocenters. The highest BCUT2D eigenvalue weighted by atomic mass is 32.2. The van der Waals surface area contributed by atoms with Gasteiger partial charge in [-0.2, -0.15) is 8.42 Å². The van der Waals surface area contributed by atoms with Gasteiger partial charge in [-0.25, -0.2) is 4.39 Å². The van der Waals surface area contributed by atoms with Crippen LogP contribution in [0.3, 0.4) is 0 Å². The van der Waals surface area contributed by atoms with Gasteiger partial charge in [-0.3, -0.25) is 18.7 Å². The Morgan fingerprint density at radius 2 is 1.48 bits per heavy atom. The number of hydrogen-bond donors (Lipinski definition) is 0. The van der Waals surface area contributed by atoms with Gasteiger partial charge in [-0.05, 0) is 42.8 Å². The maximum atomic E-state index is 12.8. The van der Waals surface area contributed by atoms with E-state index >= 15 is 0 Å². The molecule has 0 aliphatic carbocycles. The van der Waals surface area contributed by atoms with Crippen LogP contribution in [0.1, 0.15) is 27.1 Å². The highest BCUT2D eigenvalue weighted by Crippen LogP contribution is 2.22. The standard InChI is InChI=1S/C17H14FNO5S/c18-12-6-8-13(9-7-12)25(22,23)24-11-3-10-19-16(20)14-4-1-2-5-15(14)17(19)21/h1-2,4-9H,3,10-11H2. The van der Waals surface area contributed by atoms with Gasteiger partial charge in [0, 0.05) is 6.54 Å². The van der Waals surface area contributed by atoms with E-state index < -0.39 is 27.7 Å². The number of halogens is 1. The molecule has 1 aliphatic rings. The SMILES string of the molecule is O=C1c2ccccc2C(=O)N1CCCOS(=O)(=O)c1ccc(F)cc1. The lowest BCUT2D eigenvalue weighted by Crippen LogP contribution is -2.31. The average Bonchev–Trinajstić information content (AvgIpc) is 2.84. The van der Waals surface area contributed by atoms with E-state index in [1.165, 1.54) is 0 Å². The topological polar surface area (TPSA) is 80.8 Å². The molecule has 1 heterocycles. The van der Waals surface area contributed by atoms with E-state index in [4.69, 9.17) is 4.18 Å². The van der Waals surface area contributed by atoms with Crippen LogP contribution in [-0.2, 0) is 14.3 Å². The van der Waals surface area contributed by atoms with E-state index in [1.54, 1.807) is 24.3 Å². The van der Waals surface area contributed by atoms with Gasteiger partial charge in [0.25, 0.3) is 21.9 Å². The van der Waals surface area contributed by atoms with Crippen molar-refractivity contribution in [1.29, 1.82) is 0 Å². The van der Waals surface area contributed by atoms with Gasteiger partial charge in [0.2, 0.25) is 0 Å². The monoisotopic (exact) mass is 363 g/mol. The summed E-state index contributed by atoms with van der Waals surface area (Å²) in [7, 11) is -4.01. The van der Waals surface area contributed by atoms with Crippen LogP contribution in [-0.4, -0.2) is 38.3 Å². The van der Waals surface area contributed by atoms with Gasteiger partial charge >= 0.3 is 0 Å². The molecule has 8 heteroatoms. The second-order valence-corrected chi connectivity index (χ2v) is 7.01. The lowest BCUT2D eigenvalue weighted by Gasteiger charge is -2.13. The van der Waals surface area contributed by atoms with Gasteiger partial charge in [-0.1, -0.05) is 12.1 Å². The average molecular weight is 363 g/mol. The molecule has 2 amide bonds. The predicted molar refractivity (Wildman–Crippen MR) is 86.0 cm³/mol. The van der Waals surface area contributed by atoms with Crippen LogP contribution in [0, 0.1) is 5.82 Å². The fourth-order valence-corrected chi connectivity index (χ4v) is 3.45. The molecular weight excluding hydrogens is 349 g/mol.